The van der Waals surface area contributed by atoms with Gasteiger partial charge in [-0.3, -0.25) is 4.79 Å². The van der Waals surface area contributed by atoms with Gasteiger partial charge in [0.2, 0.25) is 5.91 Å². The Balaban J connectivity index is 2.80. The van der Waals surface area contributed by atoms with Gasteiger partial charge in [0.05, 0.1) is 12.7 Å². The number of carbonyl (C=O) groups excluding carboxylic acids is 2. The minimum atomic E-state index is -0.923. The van der Waals surface area contributed by atoms with Crippen LogP contribution in [0.5, 0.6) is 5.75 Å². The summed E-state index contributed by atoms with van der Waals surface area (Å²) in [6.07, 6.45) is 0. The number of hydrogen-bond acceptors (Lipinski definition) is 5. The first-order valence-corrected chi connectivity index (χ1v) is 6.44. The molecule has 1 N–H and O–H groups in total. The second-order valence-corrected chi connectivity index (χ2v) is 4.76. The fourth-order valence-corrected chi connectivity index (χ4v) is 1.81. The van der Waals surface area contributed by atoms with Gasteiger partial charge in [-0.2, -0.15) is 5.26 Å². The van der Waals surface area contributed by atoms with Crippen LogP contribution in [0.4, 0.5) is 0 Å². The van der Waals surface area contributed by atoms with Crippen LogP contribution in [0.2, 0.25) is 0 Å². The zero-order chi connectivity index (χ0) is 15.1. The van der Waals surface area contributed by atoms with Crippen molar-refractivity contribution in [2.75, 3.05) is 13.7 Å². The van der Waals surface area contributed by atoms with Gasteiger partial charge in [-0.15, -0.1) is 0 Å². The smallest absolute Gasteiger partial charge is 0.331 e. The van der Waals surface area contributed by atoms with Gasteiger partial charge in [-0.05, 0) is 18.2 Å². The fourth-order valence-electron chi connectivity index (χ4n) is 1.44. The molecule has 0 saturated carbocycles. The van der Waals surface area contributed by atoms with E-state index in [1.54, 1.807) is 18.2 Å². The van der Waals surface area contributed by atoms with Crippen LogP contribution in [0.1, 0.15) is 12.5 Å². The molecule has 1 aromatic carbocycles. The number of nitrogens with one attached hydrogen (secondary N) is 1. The topological polar surface area (TPSA) is 88.4 Å². The quantitative estimate of drug-likeness (QED) is 0.818. The molecular weight excluding hydrogens is 328 g/mol. The van der Waals surface area contributed by atoms with Crippen LogP contribution >= 0.6 is 15.9 Å². The standard InChI is InChI=1S/C13H13BrN2O4/c1-8(17)16-11(13(18)19-2)7-20-12-4-3-10(14)5-9(12)6-15/h3-5,11H,7H2,1-2H3,(H,16,17). The van der Waals surface area contributed by atoms with E-state index in [0.717, 1.165) is 4.47 Å². The Morgan fingerprint density at radius 3 is 2.75 bits per heavy atom. The Labute approximate surface area is 124 Å². The maximum atomic E-state index is 11.5. The molecule has 7 heteroatoms. The van der Waals surface area contributed by atoms with Crippen LogP contribution in [-0.2, 0) is 14.3 Å². The van der Waals surface area contributed by atoms with Gasteiger partial charge in [-0.1, -0.05) is 15.9 Å². The van der Waals surface area contributed by atoms with Gasteiger partial charge in [0, 0.05) is 11.4 Å². The lowest BCUT2D eigenvalue weighted by Crippen LogP contribution is -2.44. The molecule has 20 heavy (non-hydrogen) atoms. The summed E-state index contributed by atoms with van der Waals surface area (Å²) < 4.78 is 10.7. The molecule has 106 valence electrons. The van der Waals surface area contributed by atoms with E-state index >= 15 is 0 Å². The van der Waals surface area contributed by atoms with Crippen molar-refractivity contribution in [3.05, 3.63) is 28.2 Å². The number of nitriles is 1. The number of halogens is 1. The van der Waals surface area contributed by atoms with Crippen LogP contribution in [0, 0.1) is 11.3 Å². The van der Waals surface area contributed by atoms with E-state index in [1.165, 1.54) is 14.0 Å². The van der Waals surface area contributed by atoms with E-state index in [2.05, 4.69) is 26.0 Å². The zero-order valence-electron chi connectivity index (χ0n) is 11.0. The summed E-state index contributed by atoms with van der Waals surface area (Å²) in [6, 6.07) is 5.97. The molecule has 6 nitrogen and oxygen atoms in total. The second kappa shape index (κ2) is 7.50. The Hall–Kier alpha value is -2.07. The van der Waals surface area contributed by atoms with Gasteiger partial charge in [0.25, 0.3) is 0 Å². The molecule has 0 aliphatic carbocycles. The van der Waals surface area contributed by atoms with E-state index in [9.17, 15) is 9.59 Å². The molecule has 1 rings (SSSR count). The monoisotopic (exact) mass is 340 g/mol. The normalized spacial score (nSPS) is 11.1. The molecule has 0 heterocycles. The number of hydrogen-bond donors (Lipinski definition) is 1. The lowest BCUT2D eigenvalue weighted by Gasteiger charge is -2.16. The number of esters is 1. The summed E-state index contributed by atoms with van der Waals surface area (Å²) >= 11 is 3.25. The number of methoxy groups -OCH3 is 1. The molecule has 0 bridgehead atoms. The number of rotatable bonds is 5. The highest BCUT2D eigenvalue weighted by Crippen LogP contribution is 2.22. The van der Waals surface area contributed by atoms with E-state index in [-0.39, 0.29) is 12.5 Å². The average molecular weight is 341 g/mol. The highest BCUT2D eigenvalue weighted by molar-refractivity contribution is 9.10. The van der Waals surface area contributed by atoms with E-state index in [4.69, 9.17) is 10.00 Å². The van der Waals surface area contributed by atoms with Crippen LogP contribution in [0.15, 0.2) is 22.7 Å². The van der Waals surface area contributed by atoms with Crippen molar-refractivity contribution in [2.45, 2.75) is 13.0 Å². The van der Waals surface area contributed by atoms with Crippen LogP contribution in [0.25, 0.3) is 0 Å². The Bertz CT molecular complexity index is 554. The Morgan fingerprint density at radius 2 is 2.20 bits per heavy atom. The maximum Gasteiger partial charge on any atom is 0.331 e. The molecular formula is C13H13BrN2O4. The zero-order valence-corrected chi connectivity index (χ0v) is 12.6. The number of carbonyl (C=O) groups is 2. The molecule has 1 unspecified atom stereocenters. The molecule has 0 spiro atoms. The first-order valence-electron chi connectivity index (χ1n) is 5.65. The second-order valence-electron chi connectivity index (χ2n) is 3.84. The fraction of sp³-hybridized carbons (Fsp3) is 0.308. The number of benzene rings is 1. The lowest BCUT2D eigenvalue weighted by atomic mass is 10.2. The van der Waals surface area contributed by atoms with Crippen molar-refractivity contribution in [2.24, 2.45) is 0 Å². The summed E-state index contributed by atoms with van der Waals surface area (Å²) in [6.45, 7) is 1.17. The number of amides is 1. The molecule has 0 aliphatic heterocycles. The number of ether oxygens (including phenoxy) is 2. The predicted molar refractivity (Wildman–Crippen MR) is 74.0 cm³/mol. The summed E-state index contributed by atoms with van der Waals surface area (Å²) in [4.78, 5) is 22.5. The van der Waals surface area contributed by atoms with Gasteiger partial charge >= 0.3 is 5.97 Å². The van der Waals surface area contributed by atoms with Crippen molar-refractivity contribution >= 4 is 27.8 Å². The average Bonchev–Trinajstić information content (AvgIpc) is 2.42. The molecule has 1 atom stereocenters. The molecule has 1 amide bonds. The summed E-state index contributed by atoms with van der Waals surface area (Å²) in [5, 5.41) is 11.4. The third-order valence-corrected chi connectivity index (χ3v) is 2.82. The van der Waals surface area contributed by atoms with Crippen LogP contribution in [0.3, 0.4) is 0 Å². The highest BCUT2D eigenvalue weighted by Gasteiger charge is 2.21. The largest absolute Gasteiger partial charge is 0.489 e. The summed E-state index contributed by atoms with van der Waals surface area (Å²) in [7, 11) is 1.22. The van der Waals surface area contributed by atoms with E-state index in [0.29, 0.717) is 11.3 Å². The Kier molecular flexibility index (Phi) is 6.00. The SMILES string of the molecule is COC(=O)C(COc1ccc(Br)cc1C#N)NC(C)=O. The molecule has 1 aromatic rings. The molecule has 0 radical (unpaired) electrons. The van der Waals surface area contributed by atoms with E-state index in [1.807, 2.05) is 6.07 Å². The lowest BCUT2D eigenvalue weighted by molar-refractivity contribution is -0.145. The van der Waals surface area contributed by atoms with Crippen molar-refractivity contribution < 1.29 is 19.1 Å². The van der Waals surface area contributed by atoms with Crippen molar-refractivity contribution in [3.63, 3.8) is 0 Å². The maximum absolute atomic E-state index is 11.5. The molecule has 0 aliphatic rings. The first-order chi connectivity index (χ1) is 9.47. The van der Waals surface area contributed by atoms with Crippen LogP contribution in [-0.4, -0.2) is 31.6 Å². The van der Waals surface area contributed by atoms with Crippen molar-refractivity contribution in [1.29, 1.82) is 5.26 Å². The van der Waals surface area contributed by atoms with E-state index < -0.39 is 12.0 Å². The molecule has 0 fully saturated rings. The van der Waals surface area contributed by atoms with Gasteiger partial charge in [0.1, 0.15) is 18.4 Å². The minimum Gasteiger partial charge on any atom is -0.489 e. The predicted octanol–water partition coefficient (Wildman–Crippen LogP) is 1.38. The molecule has 0 aromatic heterocycles. The van der Waals surface area contributed by atoms with Gasteiger partial charge in [0.15, 0.2) is 6.04 Å². The number of nitrogens with zero attached hydrogens (tertiary/aromatic N) is 1. The molecule has 0 saturated heterocycles. The van der Waals surface area contributed by atoms with Crippen molar-refractivity contribution in [3.8, 4) is 11.8 Å². The van der Waals surface area contributed by atoms with Gasteiger partial charge < -0.3 is 14.8 Å². The minimum absolute atomic E-state index is 0.122. The Morgan fingerprint density at radius 1 is 1.50 bits per heavy atom. The highest BCUT2D eigenvalue weighted by atomic mass is 79.9. The first kappa shape index (κ1) is 16.0. The van der Waals surface area contributed by atoms with Crippen molar-refractivity contribution in [1.82, 2.24) is 5.32 Å². The summed E-state index contributed by atoms with van der Waals surface area (Å²) in [5.74, 6) is -0.661. The third-order valence-electron chi connectivity index (χ3n) is 2.33. The third kappa shape index (κ3) is 4.55. The van der Waals surface area contributed by atoms with Gasteiger partial charge in [-0.25, -0.2) is 4.79 Å². The van der Waals surface area contributed by atoms with Crippen LogP contribution < -0.4 is 10.1 Å². The summed E-state index contributed by atoms with van der Waals surface area (Å²) in [5.41, 5.74) is 0.325.